The smallest absolute Gasteiger partial charge is 0.168 e. The van der Waals surface area contributed by atoms with Crippen LogP contribution in [-0.4, -0.2) is 14.6 Å². The maximum Gasteiger partial charge on any atom is 0.168 e. The number of nitrogens with zero attached hydrogens (tertiary/aromatic N) is 3. The average molecular weight is 230 g/mol. The van der Waals surface area contributed by atoms with E-state index in [1.165, 1.54) is 0 Å². The van der Waals surface area contributed by atoms with Crippen molar-refractivity contribution in [2.24, 2.45) is 0 Å². The first-order chi connectivity index (χ1) is 7.84. The number of halogens is 1. The molecule has 1 aromatic carbocycles. The van der Waals surface area contributed by atoms with Gasteiger partial charge < -0.3 is 0 Å². The van der Waals surface area contributed by atoms with Gasteiger partial charge in [0, 0.05) is 16.8 Å². The van der Waals surface area contributed by atoms with Gasteiger partial charge in [0.05, 0.1) is 0 Å². The monoisotopic (exact) mass is 229 g/mol. The van der Waals surface area contributed by atoms with Gasteiger partial charge in [-0.05, 0) is 24.3 Å². The van der Waals surface area contributed by atoms with Gasteiger partial charge in [-0.15, -0.1) is 10.2 Å². The quantitative estimate of drug-likeness (QED) is 0.642. The van der Waals surface area contributed by atoms with E-state index in [-0.39, 0.29) is 0 Å². The zero-order valence-corrected chi connectivity index (χ0v) is 9.09. The van der Waals surface area contributed by atoms with E-state index in [4.69, 9.17) is 11.6 Å². The molecule has 0 atom stereocenters. The number of fused-ring (bicyclic) bond motifs is 1. The molecule has 3 rings (SSSR count). The Morgan fingerprint density at radius 3 is 2.81 bits per heavy atom. The first-order valence-electron chi connectivity index (χ1n) is 4.90. The van der Waals surface area contributed by atoms with Crippen LogP contribution in [0.2, 0.25) is 5.02 Å². The summed E-state index contributed by atoms with van der Waals surface area (Å²) in [4.78, 5) is 0. The molecule has 78 valence electrons. The fraction of sp³-hybridized carbons (Fsp3) is 0. The molecule has 0 bridgehead atoms. The first kappa shape index (κ1) is 9.36. The maximum atomic E-state index is 5.96. The third kappa shape index (κ3) is 1.46. The molecule has 0 spiro atoms. The molecule has 0 fully saturated rings. The number of benzene rings is 1. The van der Waals surface area contributed by atoms with Gasteiger partial charge in [0.15, 0.2) is 11.5 Å². The summed E-state index contributed by atoms with van der Waals surface area (Å²) in [6.45, 7) is 0. The lowest BCUT2D eigenvalue weighted by Crippen LogP contribution is -1.87. The van der Waals surface area contributed by atoms with Crippen LogP contribution in [-0.2, 0) is 0 Å². The van der Waals surface area contributed by atoms with Crippen LogP contribution in [0.5, 0.6) is 0 Å². The van der Waals surface area contributed by atoms with Crippen LogP contribution in [0, 0.1) is 0 Å². The minimum atomic E-state index is 0.699. The van der Waals surface area contributed by atoms with Crippen LogP contribution >= 0.6 is 11.6 Å². The lowest BCUT2D eigenvalue weighted by Gasteiger charge is -1.99. The highest BCUT2D eigenvalue weighted by Gasteiger charge is 2.06. The van der Waals surface area contributed by atoms with Crippen molar-refractivity contribution < 1.29 is 0 Å². The molecule has 0 amide bonds. The third-order valence-electron chi connectivity index (χ3n) is 2.40. The summed E-state index contributed by atoms with van der Waals surface area (Å²) in [5.41, 5.74) is 1.80. The normalized spacial score (nSPS) is 10.8. The summed E-state index contributed by atoms with van der Waals surface area (Å²) < 4.78 is 1.94. The lowest BCUT2D eigenvalue weighted by atomic mass is 10.2. The molecule has 2 aromatic heterocycles. The summed E-state index contributed by atoms with van der Waals surface area (Å²) in [6, 6.07) is 13.4. The van der Waals surface area contributed by atoms with Crippen molar-refractivity contribution in [2.75, 3.05) is 0 Å². The Bertz CT molecular complexity index is 645. The van der Waals surface area contributed by atoms with Gasteiger partial charge in [-0.1, -0.05) is 29.8 Å². The Morgan fingerprint density at radius 2 is 1.94 bits per heavy atom. The Hall–Kier alpha value is -1.87. The van der Waals surface area contributed by atoms with E-state index < -0.39 is 0 Å². The summed E-state index contributed by atoms with van der Waals surface area (Å²) >= 11 is 5.96. The Labute approximate surface area is 97.3 Å². The highest BCUT2D eigenvalue weighted by molar-refractivity contribution is 6.30. The van der Waals surface area contributed by atoms with Crippen molar-refractivity contribution in [3.05, 3.63) is 53.7 Å². The van der Waals surface area contributed by atoms with Crippen LogP contribution < -0.4 is 0 Å². The third-order valence-corrected chi connectivity index (χ3v) is 2.63. The second kappa shape index (κ2) is 3.61. The van der Waals surface area contributed by atoms with Gasteiger partial charge in [0.25, 0.3) is 0 Å². The van der Waals surface area contributed by atoms with E-state index in [2.05, 4.69) is 10.2 Å². The van der Waals surface area contributed by atoms with Gasteiger partial charge >= 0.3 is 0 Å². The lowest BCUT2D eigenvalue weighted by molar-refractivity contribution is 1.11. The van der Waals surface area contributed by atoms with Crippen molar-refractivity contribution in [3.63, 3.8) is 0 Å². The fourth-order valence-corrected chi connectivity index (χ4v) is 1.86. The Balaban J connectivity index is 2.26. The molecule has 0 aliphatic carbocycles. The largest absolute Gasteiger partial charge is 0.282 e. The summed E-state index contributed by atoms with van der Waals surface area (Å²) in [5, 5.41) is 8.95. The Kier molecular flexibility index (Phi) is 2.11. The molecule has 3 aromatic rings. The zero-order valence-electron chi connectivity index (χ0n) is 8.34. The number of hydrogen-bond acceptors (Lipinski definition) is 2. The summed E-state index contributed by atoms with van der Waals surface area (Å²) in [5.74, 6) is 0.804. The molecule has 4 heteroatoms. The second-order valence-corrected chi connectivity index (χ2v) is 3.90. The predicted octanol–water partition coefficient (Wildman–Crippen LogP) is 3.05. The molecule has 0 N–H and O–H groups in total. The standard InChI is InChI=1S/C12H8ClN3/c13-10-5-3-4-9(8-10)12-15-14-11-6-1-2-7-16(11)12/h1-8H. The summed E-state index contributed by atoms with van der Waals surface area (Å²) in [7, 11) is 0. The SMILES string of the molecule is Clc1cccc(-c2nnc3ccccn23)c1. The van der Waals surface area contributed by atoms with Crippen molar-refractivity contribution in [3.8, 4) is 11.4 Å². The topological polar surface area (TPSA) is 30.2 Å². The van der Waals surface area contributed by atoms with E-state index in [9.17, 15) is 0 Å². The molecular weight excluding hydrogens is 222 g/mol. The summed E-state index contributed by atoms with van der Waals surface area (Å²) in [6.07, 6.45) is 1.94. The minimum Gasteiger partial charge on any atom is -0.282 e. The second-order valence-electron chi connectivity index (χ2n) is 3.46. The van der Waals surface area contributed by atoms with Crippen molar-refractivity contribution in [2.45, 2.75) is 0 Å². The van der Waals surface area contributed by atoms with E-state index >= 15 is 0 Å². The molecule has 3 nitrogen and oxygen atoms in total. The van der Waals surface area contributed by atoms with Gasteiger partial charge in [0.1, 0.15) is 0 Å². The fourth-order valence-electron chi connectivity index (χ4n) is 1.67. The molecule has 0 radical (unpaired) electrons. The molecule has 16 heavy (non-hydrogen) atoms. The van der Waals surface area contributed by atoms with Crippen molar-refractivity contribution in [1.29, 1.82) is 0 Å². The molecule has 2 heterocycles. The molecule has 0 unspecified atom stereocenters. The van der Waals surface area contributed by atoms with Crippen LogP contribution in [0.1, 0.15) is 0 Å². The van der Waals surface area contributed by atoms with E-state index in [0.29, 0.717) is 5.02 Å². The molecular formula is C12H8ClN3. The number of pyridine rings is 1. The molecule has 0 saturated carbocycles. The number of rotatable bonds is 1. The zero-order chi connectivity index (χ0) is 11.0. The first-order valence-corrected chi connectivity index (χ1v) is 5.28. The number of hydrogen-bond donors (Lipinski definition) is 0. The van der Waals surface area contributed by atoms with Gasteiger partial charge in [-0.3, -0.25) is 4.40 Å². The molecule has 0 saturated heterocycles. The average Bonchev–Trinajstić information content (AvgIpc) is 2.72. The van der Waals surface area contributed by atoms with Crippen LogP contribution in [0.4, 0.5) is 0 Å². The number of aromatic nitrogens is 3. The van der Waals surface area contributed by atoms with Crippen LogP contribution in [0.3, 0.4) is 0 Å². The maximum absolute atomic E-state index is 5.96. The highest BCUT2D eigenvalue weighted by atomic mass is 35.5. The molecule has 0 aliphatic heterocycles. The highest BCUT2D eigenvalue weighted by Crippen LogP contribution is 2.21. The van der Waals surface area contributed by atoms with Crippen molar-refractivity contribution in [1.82, 2.24) is 14.6 Å². The predicted molar refractivity (Wildman–Crippen MR) is 63.4 cm³/mol. The van der Waals surface area contributed by atoms with Crippen LogP contribution in [0.15, 0.2) is 48.7 Å². The molecule has 0 aliphatic rings. The van der Waals surface area contributed by atoms with Gasteiger partial charge in [-0.2, -0.15) is 0 Å². The van der Waals surface area contributed by atoms with Crippen molar-refractivity contribution >= 4 is 17.2 Å². The minimum absolute atomic E-state index is 0.699. The van der Waals surface area contributed by atoms with E-state index in [1.54, 1.807) is 0 Å². The van der Waals surface area contributed by atoms with E-state index in [0.717, 1.165) is 17.0 Å². The van der Waals surface area contributed by atoms with Gasteiger partial charge in [0.2, 0.25) is 0 Å². The Morgan fingerprint density at radius 1 is 1.00 bits per heavy atom. The van der Waals surface area contributed by atoms with E-state index in [1.807, 2.05) is 53.1 Å². The van der Waals surface area contributed by atoms with Crippen LogP contribution in [0.25, 0.3) is 17.0 Å². The van der Waals surface area contributed by atoms with Gasteiger partial charge in [-0.25, -0.2) is 0 Å².